The molecule has 0 saturated carbocycles. The third-order valence-electron chi connectivity index (χ3n) is 4.32. The molecule has 0 unspecified atom stereocenters. The molecule has 1 aromatic heterocycles. The second-order valence-corrected chi connectivity index (χ2v) is 8.57. The van der Waals surface area contributed by atoms with Crippen LogP contribution in [0.3, 0.4) is 0 Å². The molecule has 26 heavy (non-hydrogen) atoms. The fraction of sp³-hybridized carbons (Fsp3) is 0.444. The van der Waals surface area contributed by atoms with Crippen LogP contribution in [0, 0.1) is 13.8 Å². The number of sulfonamides is 1. The maximum atomic E-state index is 12.7. The van der Waals surface area contributed by atoms with E-state index in [2.05, 4.69) is 17.3 Å². The lowest BCUT2D eigenvalue weighted by Gasteiger charge is -2.16. The van der Waals surface area contributed by atoms with Crippen LogP contribution in [-0.4, -0.2) is 42.5 Å². The number of aryl methyl sites for hydroxylation is 2. The maximum Gasteiger partial charge on any atom is 0.256 e. The van der Waals surface area contributed by atoms with Crippen molar-refractivity contribution in [3.63, 3.8) is 0 Å². The number of unbranched alkanes of at least 4 members (excludes halogenated alkanes) is 1. The van der Waals surface area contributed by atoms with Gasteiger partial charge in [-0.2, -0.15) is 5.10 Å². The largest absolute Gasteiger partial charge is 0.307 e. The molecule has 2 aromatic rings. The summed E-state index contributed by atoms with van der Waals surface area (Å²) in [5, 5.41) is 7.03. The van der Waals surface area contributed by atoms with Gasteiger partial charge in [0.15, 0.2) is 0 Å². The Morgan fingerprint density at radius 1 is 1.27 bits per heavy atom. The Bertz CT molecular complexity index is 901. The van der Waals surface area contributed by atoms with E-state index in [4.69, 9.17) is 0 Å². The highest BCUT2D eigenvalue weighted by molar-refractivity contribution is 7.89. The summed E-state index contributed by atoms with van der Waals surface area (Å²) in [6.45, 7) is 6.34. The highest BCUT2D eigenvalue weighted by Gasteiger charge is 2.23. The van der Waals surface area contributed by atoms with Crippen molar-refractivity contribution < 1.29 is 13.2 Å². The number of benzene rings is 1. The van der Waals surface area contributed by atoms with Gasteiger partial charge in [-0.15, -0.1) is 0 Å². The Kier molecular flexibility index (Phi) is 6.20. The van der Waals surface area contributed by atoms with Gasteiger partial charge in [0.05, 0.1) is 11.1 Å². The van der Waals surface area contributed by atoms with Crippen molar-refractivity contribution in [3.05, 3.63) is 41.1 Å². The number of aromatic nitrogens is 2. The molecule has 0 radical (unpaired) electrons. The van der Waals surface area contributed by atoms with E-state index >= 15 is 0 Å². The van der Waals surface area contributed by atoms with Crippen molar-refractivity contribution in [2.24, 2.45) is 0 Å². The van der Waals surface area contributed by atoms with Crippen LogP contribution in [-0.2, 0) is 16.6 Å². The normalized spacial score (nSPS) is 11.8. The number of carbonyl (C=O) groups excluding carboxylic acids is 1. The summed E-state index contributed by atoms with van der Waals surface area (Å²) in [6, 6.07) is 4.86. The van der Waals surface area contributed by atoms with Crippen LogP contribution in [0.1, 0.15) is 41.3 Å². The van der Waals surface area contributed by atoms with E-state index in [1.54, 1.807) is 36.9 Å². The molecular formula is C18H26N4O3S. The summed E-state index contributed by atoms with van der Waals surface area (Å²) in [4.78, 5) is 12.8. The SMILES string of the molecule is CCCCn1nccc1NC(=O)c1cc(C)c(C)c(S(=O)(=O)N(C)C)c1. The molecule has 2 rings (SSSR count). The highest BCUT2D eigenvalue weighted by atomic mass is 32.2. The Morgan fingerprint density at radius 2 is 1.96 bits per heavy atom. The predicted molar refractivity (Wildman–Crippen MR) is 102 cm³/mol. The van der Waals surface area contributed by atoms with E-state index in [9.17, 15) is 13.2 Å². The Morgan fingerprint density at radius 3 is 2.58 bits per heavy atom. The van der Waals surface area contributed by atoms with E-state index in [0.29, 0.717) is 23.5 Å². The van der Waals surface area contributed by atoms with Crippen molar-refractivity contribution in [2.75, 3.05) is 19.4 Å². The van der Waals surface area contributed by atoms with Crippen molar-refractivity contribution in [1.29, 1.82) is 0 Å². The van der Waals surface area contributed by atoms with Gasteiger partial charge in [0.1, 0.15) is 5.82 Å². The molecule has 0 aliphatic heterocycles. The fourth-order valence-electron chi connectivity index (χ4n) is 2.54. The molecule has 0 aliphatic rings. The first kappa shape index (κ1) is 20.1. The number of hydrogen-bond acceptors (Lipinski definition) is 4. The van der Waals surface area contributed by atoms with E-state index < -0.39 is 10.0 Å². The van der Waals surface area contributed by atoms with Crippen LogP contribution in [0.4, 0.5) is 5.82 Å². The van der Waals surface area contributed by atoms with Crippen molar-refractivity contribution in [3.8, 4) is 0 Å². The van der Waals surface area contributed by atoms with Gasteiger partial charge in [-0.05, 0) is 43.5 Å². The molecule has 7 nitrogen and oxygen atoms in total. The first-order valence-electron chi connectivity index (χ1n) is 8.55. The van der Waals surface area contributed by atoms with Gasteiger partial charge >= 0.3 is 0 Å². The summed E-state index contributed by atoms with van der Waals surface area (Å²) < 4.78 is 28.0. The smallest absolute Gasteiger partial charge is 0.256 e. The van der Waals surface area contributed by atoms with Crippen molar-refractivity contribution in [2.45, 2.75) is 45.1 Å². The average molecular weight is 378 g/mol. The molecule has 0 bridgehead atoms. The van der Waals surface area contributed by atoms with Gasteiger partial charge in [0, 0.05) is 32.3 Å². The zero-order valence-electron chi connectivity index (χ0n) is 15.9. The molecule has 1 N–H and O–H groups in total. The first-order chi connectivity index (χ1) is 12.2. The second kappa shape index (κ2) is 8.01. The van der Waals surface area contributed by atoms with E-state index in [1.807, 2.05) is 0 Å². The third-order valence-corrected chi connectivity index (χ3v) is 6.26. The molecule has 1 aromatic carbocycles. The minimum Gasteiger partial charge on any atom is -0.307 e. The molecule has 142 valence electrons. The van der Waals surface area contributed by atoms with Crippen LogP contribution in [0.2, 0.25) is 0 Å². The lowest BCUT2D eigenvalue weighted by molar-refractivity contribution is 0.102. The lowest BCUT2D eigenvalue weighted by Crippen LogP contribution is -2.24. The van der Waals surface area contributed by atoms with Crippen molar-refractivity contribution in [1.82, 2.24) is 14.1 Å². The first-order valence-corrected chi connectivity index (χ1v) is 9.99. The van der Waals surface area contributed by atoms with Gasteiger partial charge in [-0.3, -0.25) is 4.79 Å². The number of anilines is 1. The third kappa shape index (κ3) is 4.13. The number of hydrogen-bond donors (Lipinski definition) is 1. The molecule has 0 fully saturated rings. The molecule has 1 heterocycles. The van der Waals surface area contributed by atoms with Gasteiger partial charge < -0.3 is 5.32 Å². The topological polar surface area (TPSA) is 84.3 Å². The summed E-state index contributed by atoms with van der Waals surface area (Å²) in [7, 11) is -0.682. The lowest BCUT2D eigenvalue weighted by atomic mass is 10.1. The van der Waals surface area contributed by atoms with Gasteiger partial charge in [0.25, 0.3) is 5.91 Å². The monoisotopic (exact) mass is 378 g/mol. The van der Waals surface area contributed by atoms with Crippen molar-refractivity contribution >= 4 is 21.7 Å². The number of nitrogens with zero attached hydrogens (tertiary/aromatic N) is 3. The molecular weight excluding hydrogens is 352 g/mol. The Balaban J connectivity index is 2.36. The van der Waals surface area contributed by atoms with Gasteiger partial charge in [-0.25, -0.2) is 17.4 Å². The Hall–Kier alpha value is -2.19. The molecule has 0 spiro atoms. The molecule has 8 heteroatoms. The summed E-state index contributed by atoms with van der Waals surface area (Å²) in [5.41, 5.74) is 1.69. The molecule has 0 saturated heterocycles. The van der Waals surface area contributed by atoms with Crippen LogP contribution in [0.5, 0.6) is 0 Å². The molecule has 0 atom stereocenters. The quantitative estimate of drug-likeness (QED) is 0.803. The van der Waals surface area contributed by atoms with E-state index in [1.165, 1.54) is 20.2 Å². The summed E-state index contributed by atoms with van der Waals surface area (Å²) in [5.74, 6) is 0.236. The highest BCUT2D eigenvalue weighted by Crippen LogP contribution is 2.24. The standard InChI is InChI=1S/C18H26N4O3S/c1-6-7-10-22-17(8-9-19-22)20-18(23)15-11-13(2)14(3)16(12-15)26(24,25)21(4)5/h8-9,11-12H,6-7,10H2,1-5H3,(H,20,23). The zero-order valence-corrected chi connectivity index (χ0v) is 16.7. The molecule has 0 aliphatic carbocycles. The van der Waals surface area contributed by atoms with E-state index in [-0.39, 0.29) is 10.8 Å². The number of amides is 1. The second-order valence-electron chi connectivity index (χ2n) is 6.45. The number of carbonyl (C=O) groups is 1. The number of rotatable bonds is 7. The van der Waals surface area contributed by atoms with Gasteiger partial charge in [0.2, 0.25) is 10.0 Å². The Labute approximate surface area is 155 Å². The minimum atomic E-state index is -3.63. The van der Waals surface area contributed by atoms with Crippen LogP contribution in [0.25, 0.3) is 0 Å². The molecule has 1 amide bonds. The van der Waals surface area contributed by atoms with Gasteiger partial charge in [-0.1, -0.05) is 13.3 Å². The van der Waals surface area contributed by atoms with Crippen LogP contribution >= 0.6 is 0 Å². The zero-order chi connectivity index (χ0) is 19.5. The van der Waals surface area contributed by atoms with Crippen LogP contribution < -0.4 is 5.32 Å². The fourth-order valence-corrected chi connectivity index (χ4v) is 3.75. The van der Waals surface area contributed by atoms with Crippen LogP contribution in [0.15, 0.2) is 29.3 Å². The number of nitrogens with one attached hydrogen (secondary N) is 1. The predicted octanol–water partition coefficient (Wildman–Crippen LogP) is 2.80. The summed E-state index contributed by atoms with van der Waals surface area (Å²) in [6.07, 6.45) is 3.61. The van der Waals surface area contributed by atoms with E-state index in [0.717, 1.165) is 22.7 Å². The minimum absolute atomic E-state index is 0.146. The average Bonchev–Trinajstić information content (AvgIpc) is 3.01. The maximum absolute atomic E-state index is 12.7. The summed E-state index contributed by atoms with van der Waals surface area (Å²) >= 11 is 0.